The van der Waals surface area contributed by atoms with E-state index in [4.69, 9.17) is 0 Å². The molecule has 3 rings (SSSR count). The van der Waals surface area contributed by atoms with Gasteiger partial charge < -0.3 is 5.32 Å². The first-order valence-electron chi connectivity index (χ1n) is 14.5. The summed E-state index contributed by atoms with van der Waals surface area (Å²) in [6, 6.07) is 11.1. The number of unbranched alkanes of at least 4 members (excludes halogenated alkanes) is 13. The molecule has 1 amide bonds. The summed E-state index contributed by atoms with van der Waals surface area (Å²) in [4.78, 5) is 13.2. The maximum Gasteiger partial charge on any atom is 0.435 e. The molecule has 0 saturated carbocycles. The number of carbonyl (C=O) groups is 1. The second-order valence-corrected chi connectivity index (χ2v) is 11.1. The third-order valence-corrected chi connectivity index (χ3v) is 7.86. The molecule has 0 saturated heterocycles. The monoisotopic (exact) mass is 561 g/mol. The largest absolute Gasteiger partial charge is 0.435 e. The van der Waals surface area contributed by atoms with Gasteiger partial charge in [0.2, 0.25) is 0 Å². The molecular weight excluding hydrogens is 519 g/mol. The number of thiophene rings is 1. The van der Waals surface area contributed by atoms with Crippen LogP contribution in [0.15, 0.2) is 47.8 Å². The minimum atomic E-state index is -4.54. The van der Waals surface area contributed by atoms with Crippen molar-refractivity contribution in [3.8, 4) is 16.3 Å². The van der Waals surface area contributed by atoms with Gasteiger partial charge in [-0.25, -0.2) is 4.68 Å². The van der Waals surface area contributed by atoms with Crippen molar-refractivity contribution in [2.24, 2.45) is 0 Å². The molecular formula is C31H42F3N3OS. The molecule has 1 N–H and O–H groups in total. The van der Waals surface area contributed by atoms with Crippen LogP contribution in [-0.4, -0.2) is 22.2 Å². The summed E-state index contributed by atoms with van der Waals surface area (Å²) in [5.41, 5.74) is 0.371. The molecule has 1 aromatic carbocycles. The summed E-state index contributed by atoms with van der Waals surface area (Å²) < 4.78 is 41.2. The zero-order valence-corrected chi connectivity index (χ0v) is 23.9. The topological polar surface area (TPSA) is 46.9 Å². The zero-order chi connectivity index (χ0) is 27.9. The van der Waals surface area contributed by atoms with Gasteiger partial charge in [-0.2, -0.15) is 18.3 Å². The molecule has 8 heteroatoms. The second kappa shape index (κ2) is 16.5. The number of halogens is 3. The van der Waals surface area contributed by atoms with E-state index in [1.807, 2.05) is 5.38 Å². The second-order valence-electron chi connectivity index (χ2n) is 10.2. The van der Waals surface area contributed by atoms with Gasteiger partial charge in [0.25, 0.3) is 5.91 Å². The Morgan fingerprint density at radius 3 is 1.92 bits per heavy atom. The lowest BCUT2D eigenvalue weighted by Gasteiger charge is -2.09. The van der Waals surface area contributed by atoms with E-state index in [0.29, 0.717) is 28.4 Å². The summed E-state index contributed by atoms with van der Waals surface area (Å²) >= 11 is 1.35. The van der Waals surface area contributed by atoms with Gasteiger partial charge in [-0.1, -0.05) is 96.5 Å². The fraction of sp³-hybridized carbons (Fsp3) is 0.548. The van der Waals surface area contributed by atoms with Crippen LogP contribution >= 0.6 is 11.3 Å². The first kappa shape index (κ1) is 30.9. The Balaban J connectivity index is 1.34. The van der Waals surface area contributed by atoms with Gasteiger partial charge >= 0.3 is 6.18 Å². The molecule has 0 unspecified atom stereocenters. The molecule has 0 atom stereocenters. The Bertz CT molecular complexity index is 1090. The third kappa shape index (κ3) is 10.5. The number of carbonyl (C=O) groups excluding carboxylic acids is 1. The number of aromatic nitrogens is 2. The molecule has 0 spiro atoms. The molecule has 39 heavy (non-hydrogen) atoms. The molecule has 0 aliphatic carbocycles. The normalized spacial score (nSPS) is 11.7. The maximum atomic E-state index is 13.3. The number of hydrogen-bond acceptors (Lipinski definition) is 3. The van der Waals surface area contributed by atoms with Gasteiger partial charge in [-0.15, -0.1) is 11.3 Å². The summed E-state index contributed by atoms with van der Waals surface area (Å²) in [5, 5.41) is 8.56. The van der Waals surface area contributed by atoms with Crippen LogP contribution < -0.4 is 5.32 Å². The summed E-state index contributed by atoms with van der Waals surface area (Å²) in [5.74, 6) is -0.175. The van der Waals surface area contributed by atoms with Crippen molar-refractivity contribution in [2.75, 3.05) is 6.54 Å². The van der Waals surface area contributed by atoms with E-state index in [1.54, 1.807) is 36.4 Å². The highest BCUT2D eigenvalue weighted by Crippen LogP contribution is 2.34. The summed E-state index contributed by atoms with van der Waals surface area (Å²) in [6.07, 6.45) is 13.5. The first-order valence-corrected chi connectivity index (χ1v) is 15.4. The SMILES string of the molecule is CCCCCCCCCCCCCCCCNC(=O)c1ccc(-n2nc(C(F)(F)F)cc2-c2cccs2)cc1. The summed E-state index contributed by atoms with van der Waals surface area (Å²) in [6.45, 7) is 2.88. The predicted octanol–water partition coefficient (Wildman–Crippen LogP) is 9.83. The number of nitrogens with one attached hydrogen (secondary N) is 1. The molecule has 3 aromatic rings. The fourth-order valence-corrected chi connectivity index (χ4v) is 5.42. The van der Waals surface area contributed by atoms with E-state index in [1.165, 1.54) is 93.1 Å². The highest BCUT2D eigenvalue weighted by molar-refractivity contribution is 7.13. The lowest BCUT2D eigenvalue weighted by Crippen LogP contribution is -2.24. The van der Waals surface area contributed by atoms with E-state index in [0.717, 1.165) is 18.9 Å². The average molecular weight is 562 g/mol. The third-order valence-electron chi connectivity index (χ3n) is 6.96. The van der Waals surface area contributed by atoms with Crippen LogP contribution in [0.5, 0.6) is 0 Å². The lowest BCUT2D eigenvalue weighted by molar-refractivity contribution is -0.141. The minimum absolute atomic E-state index is 0.175. The maximum absolute atomic E-state index is 13.3. The van der Waals surface area contributed by atoms with E-state index in [9.17, 15) is 18.0 Å². The molecule has 0 aliphatic rings. The standard InChI is InChI=1S/C31H42F3N3OS/c1-2-3-4-5-6-7-8-9-10-11-12-13-14-15-22-35-30(38)25-18-20-26(21-19-25)37-27(28-17-16-23-39-28)24-29(36-37)31(32,33)34/h16-21,23-24H,2-15,22H2,1H3,(H,35,38). The van der Waals surface area contributed by atoms with Gasteiger partial charge in [0.15, 0.2) is 5.69 Å². The van der Waals surface area contributed by atoms with Crippen molar-refractivity contribution in [2.45, 2.75) is 103 Å². The van der Waals surface area contributed by atoms with Crippen LogP contribution in [0, 0.1) is 0 Å². The Kier molecular flexibility index (Phi) is 13.1. The molecule has 0 bridgehead atoms. The Hall–Kier alpha value is -2.61. The molecule has 214 valence electrons. The van der Waals surface area contributed by atoms with Crippen molar-refractivity contribution in [3.63, 3.8) is 0 Å². The van der Waals surface area contributed by atoms with Crippen LogP contribution in [0.4, 0.5) is 13.2 Å². The average Bonchev–Trinajstić information content (AvgIpc) is 3.61. The molecule has 4 nitrogen and oxygen atoms in total. The van der Waals surface area contributed by atoms with Crippen molar-refractivity contribution in [1.82, 2.24) is 15.1 Å². The van der Waals surface area contributed by atoms with Crippen LogP contribution in [0.25, 0.3) is 16.3 Å². The number of benzene rings is 1. The van der Waals surface area contributed by atoms with E-state index in [2.05, 4.69) is 17.3 Å². The number of rotatable bonds is 18. The van der Waals surface area contributed by atoms with Gasteiger partial charge in [-0.3, -0.25) is 4.79 Å². The Morgan fingerprint density at radius 1 is 0.846 bits per heavy atom. The zero-order valence-electron chi connectivity index (χ0n) is 23.1. The number of amides is 1. The van der Waals surface area contributed by atoms with E-state index >= 15 is 0 Å². The van der Waals surface area contributed by atoms with Gasteiger partial charge in [0, 0.05) is 12.1 Å². The molecule has 0 aliphatic heterocycles. The van der Waals surface area contributed by atoms with Gasteiger partial charge in [-0.05, 0) is 48.2 Å². The lowest BCUT2D eigenvalue weighted by atomic mass is 10.0. The Morgan fingerprint density at radius 2 is 1.41 bits per heavy atom. The smallest absolute Gasteiger partial charge is 0.352 e. The van der Waals surface area contributed by atoms with Crippen molar-refractivity contribution in [1.29, 1.82) is 0 Å². The Labute approximate surface area is 235 Å². The van der Waals surface area contributed by atoms with E-state index in [-0.39, 0.29) is 5.91 Å². The molecule has 0 fully saturated rings. The highest BCUT2D eigenvalue weighted by Gasteiger charge is 2.35. The van der Waals surface area contributed by atoms with Crippen LogP contribution in [0.1, 0.15) is 113 Å². The minimum Gasteiger partial charge on any atom is -0.352 e. The van der Waals surface area contributed by atoms with Gasteiger partial charge in [0.1, 0.15) is 0 Å². The summed E-state index contributed by atoms with van der Waals surface area (Å²) in [7, 11) is 0. The number of nitrogens with zero attached hydrogens (tertiary/aromatic N) is 2. The molecule has 2 heterocycles. The van der Waals surface area contributed by atoms with Crippen molar-refractivity contribution in [3.05, 3.63) is 59.1 Å². The highest BCUT2D eigenvalue weighted by atomic mass is 32.1. The quantitative estimate of drug-likeness (QED) is 0.157. The fourth-order valence-electron chi connectivity index (χ4n) is 4.69. The predicted molar refractivity (Wildman–Crippen MR) is 155 cm³/mol. The first-order chi connectivity index (χ1) is 18.9. The van der Waals surface area contributed by atoms with Crippen molar-refractivity contribution < 1.29 is 18.0 Å². The molecule has 2 aromatic heterocycles. The van der Waals surface area contributed by atoms with Crippen LogP contribution in [0.2, 0.25) is 0 Å². The molecule has 0 radical (unpaired) electrons. The van der Waals surface area contributed by atoms with Crippen LogP contribution in [-0.2, 0) is 6.18 Å². The van der Waals surface area contributed by atoms with Gasteiger partial charge in [0.05, 0.1) is 16.3 Å². The van der Waals surface area contributed by atoms with Crippen molar-refractivity contribution >= 4 is 17.2 Å². The van der Waals surface area contributed by atoms with Crippen LogP contribution in [0.3, 0.4) is 0 Å². The number of hydrogen-bond donors (Lipinski definition) is 1. The number of alkyl halides is 3. The van der Waals surface area contributed by atoms with E-state index < -0.39 is 11.9 Å².